The van der Waals surface area contributed by atoms with Crippen molar-refractivity contribution in [2.24, 2.45) is 5.92 Å². The summed E-state index contributed by atoms with van der Waals surface area (Å²) in [6.45, 7) is 10.1. The number of carbonyl (C=O) groups excluding carboxylic acids is 1. The summed E-state index contributed by atoms with van der Waals surface area (Å²) in [5.74, 6) is -0.243. The summed E-state index contributed by atoms with van der Waals surface area (Å²) in [5, 5.41) is 6.90. The van der Waals surface area contributed by atoms with Crippen LogP contribution in [0.3, 0.4) is 0 Å². The van der Waals surface area contributed by atoms with Crippen LogP contribution in [0.1, 0.15) is 61.3 Å². The molecule has 32 heavy (non-hydrogen) atoms. The van der Waals surface area contributed by atoms with Crippen molar-refractivity contribution in [2.45, 2.75) is 64.8 Å². The molecule has 7 nitrogen and oxygen atoms in total. The molecule has 1 aliphatic rings. The minimum Gasteiger partial charge on any atom is -0.355 e. The molecular weight excluding hydrogens is 426 g/mol. The molecule has 0 spiro atoms. The number of benzene rings is 1. The van der Waals surface area contributed by atoms with Gasteiger partial charge < -0.3 is 9.84 Å². The third-order valence-electron chi connectivity index (χ3n) is 6.04. The van der Waals surface area contributed by atoms with Gasteiger partial charge in [-0.2, -0.15) is 4.31 Å². The number of amides is 1. The van der Waals surface area contributed by atoms with Gasteiger partial charge in [-0.1, -0.05) is 41.9 Å². The zero-order chi connectivity index (χ0) is 23.5. The second-order valence-corrected chi connectivity index (χ2v) is 10.5. The van der Waals surface area contributed by atoms with E-state index in [-0.39, 0.29) is 35.1 Å². The maximum absolute atomic E-state index is 13.5. The number of aryl methyl sites for hydroxylation is 3. The Morgan fingerprint density at radius 3 is 2.78 bits per heavy atom. The van der Waals surface area contributed by atoms with E-state index in [1.54, 1.807) is 13.0 Å². The van der Waals surface area contributed by atoms with Crippen molar-refractivity contribution in [1.82, 2.24) is 14.8 Å². The van der Waals surface area contributed by atoms with Crippen LogP contribution in [0.2, 0.25) is 0 Å². The van der Waals surface area contributed by atoms with Crippen LogP contribution in [0.15, 0.2) is 27.6 Å². The molecule has 1 aromatic carbocycles. The van der Waals surface area contributed by atoms with E-state index in [1.165, 1.54) is 4.31 Å². The Labute approximate surface area is 190 Å². The first-order valence-corrected chi connectivity index (χ1v) is 12.6. The summed E-state index contributed by atoms with van der Waals surface area (Å²) in [7, 11) is -3.86. The summed E-state index contributed by atoms with van der Waals surface area (Å²) < 4.78 is 33.8. The maximum atomic E-state index is 13.5. The third-order valence-corrected chi connectivity index (χ3v) is 8.06. The van der Waals surface area contributed by atoms with E-state index in [4.69, 9.17) is 4.52 Å². The van der Waals surface area contributed by atoms with Crippen molar-refractivity contribution in [3.8, 4) is 0 Å². The number of hydrogen-bond donors (Lipinski definition) is 1. The summed E-state index contributed by atoms with van der Waals surface area (Å²) in [4.78, 5) is 12.7. The summed E-state index contributed by atoms with van der Waals surface area (Å²) in [5.41, 5.74) is 3.50. The molecule has 1 aromatic heterocycles. The van der Waals surface area contributed by atoms with Crippen molar-refractivity contribution >= 4 is 28.1 Å². The van der Waals surface area contributed by atoms with Crippen LogP contribution in [0.4, 0.5) is 0 Å². The molecule has 0 aliphatic carbocycles. The molecule has 0 saturated carbocycles. The number of nitrogens with one attached hydrogen (secondary N) is 1. The van der Waals surface area contributed by atoms with Crippen molar-refractivity contribution in [2.75, 3.05) is 13.1 Å². The predicted molar refractivity (Wildman–Crippen MR) is 125 cm³/mol. The normalized spacial score (nSPS) is 18.7. The molecule has 2 heterocycles. The Morgan fingerprint density at radius 2 is 2.06 bits per heavy atom. The first-order valence-electron chi connectivity index (χ1n) is 11.2. The molecule has 1 aliphatic heterocycles. The fraction of sp³-hybridized carbons (Fsp3) is 0.500. The van der Waals surface area contributed by atoms with Gasteiger partial charge in [-0.3, -0.25) is 4.79 Å². The van der Waals surface area contributed by atoms with Crippen molar-refractivity contribution in [1.29, 1.82) is 0 Å². The minimum absolute atomic E-state index is 0.0663. The van der Waals surface area contributed by atoms with E-state index in [2.05, 4.69) is 10.5 Å². The van der Waals surface area contributed by atoms with Crippen molar-refractivity contribution < 1.29 is 17.7 Å². The van der Waals surface area contributed by atoms with Gasteiger partial charge in [0.15, 0.2) is 10.7 Å². The first kappa shape index (κ1) is 24.2. The van der Waals surface area contributed by atoms with E-state index in [1.807, 2.05) is 52.0 Å². The monoisotopic (exact) mass is 459 g/mol. The molecule has 0 radical (unpaired) electrons. The van der Waals surface area contributed by atoms with E-state index >= 15 is 0 Å². The largest absolute Gasteiger partial charge is 0.355 e. The van der Waals surface area contributed by atoms with Gasteiger partial charge >= 0.3 is 0 Å². The number of piperidine rings is 1. The number of aromatic nitrogens is 1. The number of carbonyl (C=O) groups is 1. The van der Waals surface area contributed by atoms with Crippen molar-refractivity contribution in [3.05, 3.63) is 46.3 Å². The topological polar surface area (TPSA) is 92.5 Å². The average molecular weight is 460 g/mol. The lowest BCUT2D eigenvalue weighted by Gasteiger charge is -2.31. The molecule has 1 amide bonds. The second-order valence-electron chi connectivity index (χ2n) is 8.67. The Morgan fingerprint density at radius 1 is 1.31 bits per heavy atom. The highest BCUT2D eigenvalue weighted by atomic mass is 32.2. The summed E-state index contributed by atoms with van der Waals surface area (Å²) in [6, 6.07) is 6.16. The SMILES string of the molecule is CC[C@H](C)NC(=O)[C@@H]1CCCN(S(=O)(=O)c2c(C)noc2/C=C/c2cc(C)ccc2C)C1. The fourth-order valence-corrected chi connectivity index (χ4v) is 5.64. The van der Waals surface area contributed by atoms with Gasteiger partial charge in [0.05, 0.1) is 5.92 Å². The number of rotatable bonds is 7. The Kier molecular flexibility index (Phi) is 7.56. The number of hydrogen-bond acceptors (Lipinski definition) is 5. The molecule has 2 atom stereocenters. The number of sulfonamides is 1. The van der Waals surface area contributed by atoms with Gasteiger partial charge in [-0.05, 0) is 64.2 Å². The lowest BCUT2D eigenvalue weighted by atomic mass is 9.98. The van der Waals surface area contributed by atoms with Crippen LogP contribution in [0.5, 0.6) is 0 Å². The minimum atomic E-state index is -3.86. The molecule has 1 N–H and O–H groups in total. The van der Waals surface area contributed by atoms with Gasteiger partial charge in [-0.25, -0.2) is 8.42 Å². The van der Waals surface area contributed by atoms with E-state index in [0.29, 0.717) is 25.1 Å². The van der Waals surface area contributed by atoms with Crippen LogP contribution in [-0.2, 0) is 14.8 Å². The van der Waals surface area contributed by atoms with E-state index in [9.17, 15) is 13.2 Å². The maximum Gasteiger partial charge on any atom is 0.248 e. The molecule has 174 valence electrons. The van der Waals surface area contributed by atoms with Crippen LogP contribution in [0.25, 0.3) is 12.2 Å². The van der Waals surface area contributed by atoms with Crippen LogP contribution in [-0.4, -0.2) is 42.9 Å². The lowest BCUT2D eigenvalue weighted by molar-refractivity contribution is -0.126. The molecule has 8 heteroatoms. The Balaban J connectivity index is 1.86. The molecule has 1 saturated heterocycles. The molecular formula is C24H33N3O4S. The Hall–Kier alpha value is -2.45. The van der Waals surface area contributed by atoms with Gasteiger partial charge in [-0.15, -0.1) is 0 Å². The molecule has 0 unspecified atom stereocenters. The predicted octanol–water partition coefficient (Wildman–Crippen LogP) is 4.09. The van der Waals surface area contributed by atoms with Crippen LogP contribution >= 0.6 is 0 Å². The highest BCUT2D eigenvalue weighted by Crippen LogP contribution is 2.29. The van der Waals surface area contributed by atoms with E-state index < -0.39 is 10.0 Å². The molecule has 2 aromatic rings. The van der Waals surface area contributed by atoms with E-state index in [0.717, 1.165) is 23.1 Å². The van der Waals surface area contributed by atoms with Gasteiger partial charge in [0.1, 0.15) is 5.69 Å². The fourth-order valence-electron chi connectivity index (χ4n) is 3.87. The standard InChI is InChI=1S/C24H33N3O4S/c1-6-18(4)25-24(28)21-8-7-13-27(15-21)32(29,30)23-19(5)26-31-22(23)12-11-20-14-16(2)9-10-17(20)3/h9-12,14,18,21H,6-8,13,15H2,1-5H3,(H,25,28)/b12-11+/t18-,21+/m0/s1. The molecule has 3 rings (SSSR count). The zero-order valence-corrected chi connectivity index (χ0v) is 20.3. The smallest absolute Gasteiger partial charge is 0.248 e. The van der Waals surface area contributed by atoms with Gasteiger partial charge in [0.25, 0.3) is 0 Å². The zero-order valence-electron chi connectivity index (χ0n) is 19.5. The summed E-state index contributed by atoms with van der Waals surface area (Å²) in [6.07, 6.45) is 5.65. The summed E-state index contributed by atoms with van der Waals surface area (Å²) >= 11 is 0. The highest BCUT2D eigenvalue weighted by Gasteiger charge is 2.37. The quantitative estimate of drug-likeness (QED) is 0.673. The van der Waals surface area contributed by atoms with Gasteiger partial charge in [0.2, 0.25) is 15.9 Å². The van der Waals surface area contributed by atoms with Crippen molar-refractivity contribution in [3.63, 3.8) is 0 Å². The third kappa shape index (κ3) is 5.30. The molecule has 1 fully saturated rings. The first-order chi connectivity index (χ1) is 15.1. The molecule has 0 bridgehead atoms. The number of nitrogens with zero attached hydrogens (tertiary/aromatic N) is 2. The Bertz CT molecular complexity index is 1100. The second kappa shape index (κ2) is 10.0. The average Bonchev–Trinajstić information content (AvgIpc) is 3.15. The van der Waals surface area contributed by atoms with Crippen LogP contribution < -0.4 is 5.32 Å². The van der Waals surface area contributed by atoms with Gasteiger partial charge in [0, 0.05) is 19.1 Å². The highest BCUT2D eigenvalue weighted by molar-refractivity contribution is 7.89. The van der Waals surface area contributed by atoms with Crippen LogP contribution in [0, 0.1) is 26.7 Å². The lowest BCUT2D eigenvalue weighted by Crippen LogP contribution is -2.47.